The number of phenolic OH excluding ortho intramolecular Hbond substituents is 3. The van der Waals surface area contributed by atoms with Crippen molar-refractivity contribution in [3.63, 3.8) is 0 Å². The lowest BCUT2D eigenvalue weighted by Crippen LogP contribution is -2.58. The molecule has 0 saturated carbocycles. The third-order valence-electron chi connectivity index (χ3n) is 5.46. The van der Waals surface area contributed by atoms with E-state index >= 15 is 0 Å². The van der Waals surface area contributed by atoms with Crippen LogP contribution in [-0.2, 0) is 4.74 Å². The van der Waals surface area contributed by atoms with Crippen LogP contribution in [0.15, 0.2) is 39.5 Å². The van der Waals surface area contributed by atoms with Crippen molar-refractivity contribution in [2.75, 3.05) is 0 Å². The molecule has 3 aromatic rings. The standard InChI is InChI=1S/C22H22O10/c1-8-17(26)16-14(31-21(8)10-3-4-12(24)13(25)5-10)6-11(23)7-15(16)32-22-20(29)19(28)18(27)9(2)30-22/h3-7,9,18-20,22-25,27-29H,1-2H3/t9?,18-,19-,20?,22-/m0/s1. The van der Waals surface area contributed by atoms with Gasteiger partial charge in [-0.15, -0.1) is 0 Å². The van der Waals surface area contributed by atoms with E-state index in [0.717, 1.165) is 6.07 Å². The molecule has 1 aliphatic heterocycles. The maximum atomic E-state index is 13.2. The Hall–Kier alpha value is -3.31. The fourth-order valence-electron chi connectivity index (χ4n) is 3.63. The van der Waals surface area contributed by atoms with Crippen LogP contribution in [0.4, 0.5) is 0 Å². The van der Waals surface area contributed by atoms with Gasteiger partial charge in [0.15, 0.2) is 16.9 Å². The van der Waals surface area contributed by atoms with Crippen molar-refractivity contribution in [1.29, 1.82) is 0 Å². The molecule has 0 amide bonds. The molecule has 5 atom stereocenters. The van der Waals surface area contributed by atoms with Gasteiger partial charge in [-0.3, -0.25) is 4.79 Å². The first-order chi connectivity index (χ1) is 15.1. The largest absolute Gasteiger partial charge is 0.508 e. The summed E-state index contributed by atoms with van der Waals surface area (Å²) in [7, 11) is 0. The van der Waals surface area contributed by atoms with E-state index in [1.165, 1.54) is 38.1 Å². The van der Waals surface area contributed by atoms with E-state index in [2.05, 4.69) is 0 Å². The van der Waals surface area contributed by atoms with Gasteiger partial charge in [0.25, 0.3) is 0 Å². The van der Waals surface area contributed by atoms with E-state index in [-0.39, 0.29) is 39.5 Å². The van der Waals surface area contributed by atoms with Crippen LogP contribution >= 0.6 is 0 Å². The quantitative estimate of drug-likeness (QED) is 0.320. The Bertz CT molecular complexity index is 1230. The Morgan fingerprint density at radius 3 is 2.34 bits per heavy atom. The minimum atomic E-state index is -1.62. The number of rotatable bonds is 3. The summed E-state index contributed by atoms with van der Waals surface area (Å²) < 4.78 is 16.9. The molecule has 2 aromatic carbocycles. The summed E-state index contributed by atoms with van der Waals surface area (Å²) in [5.41, 5.74) is -0.0773. The van der Waals surface area contributed by atoms with Gasteiger partial charge < -0.3 is 44.5 Å². The zero-order valence-electron chi connectivity index (χ0n) is 17.1. The van der Waals surface area contributed by atoms with Crippen LogP contribution in [0.5, 0.6) is 23.0 Å². The number of hydrogen-bond donors (Lipinski definition) is 6. The molecule has 32 heavy (non-hydrogen) atoms. The second kappa shape index (κ2) is 7.99. The molecule has 10 nitrogen and oxygen atoms in total. The van der Waals surface area contributed by atoms with Gasteiger partial charge in [0.2, 0.25) is 6.29 Å². The second-order valence-electron chi connectivity index (χ2n) is 7.71. The predicted molar refractivity (Wildman–Crippen MR) is 111 cm³/mol. The first-order valence-corrected chi connectivity index (χ1v) is 9.77. The summed E-state index contributed by atoms with van der Waals surface area (Å²) in [6.07, 6.45) is -6.79. The molecule has 2 unspecified atom stereocenters. The SMILES string of the molecule is Cc1c(-c2ccc(O)c(O)c2)oc2cc(O)cc(O[C@@H]3OC(C)[C@H](O)[C@H](O)C3O)c2c1=O. The summed E-state index contributed by atoms with van der Waals surface area (Å²) in [6.45, 7) is 2.98. The van der Waals surface area contributed by atoms with E-state index in [1.807, 2.05) is 0 Å². The predicted octanol–water partition coefficient (Wildman–Crippen LogP) is 1.09. The second-order valence-corrected chi connectivity index (χ2v) is 7.71. The molecule has 2 heterocycles. The summed E-state index contributed by atoms with van der Waals surface area (Å²) >= 11 is 0. The summed E-state index contributed by atoms with van der Waals surface area (Å²) in [5, 5.41) is 59.5. The molecule has 1 fully saturated rings. The fourth-order valence-corrected chi connectivity index (χ4v) is 3.63. The first kappa shape index (κ1) is 21.9. The zero-order valence-corrected chi connectivity index (χ0v) is 17.1. The van der Waals surface area contributed by atoms with Crippen molar-refractivity contribution in [3.05, 3.63) is 46.1 Å². The van der Waals surface area contributed by atoms with Crippen LogP contribution in [0.2, 0.25) is 0 Å². The van der Waals surface area contributed by atoms with Gasteiger partial charge in [0.05, 0.1) is 6.10 Å². The van der Waals surface area contributed by atoms with E-state index < -0.39 is 41.9 Å². The van der Waals surface area contributed by atoms with Crippen molar-refractivity contribution < 1.29 is 44.5 Å². The molecule has 6 N–H and O–H groups in total. The van der Waals surface area contributed by atoms with E-state index in [4.69, 9.17) is 13.9 Å². The topological polar surface area (TPSA) is 170 Å². The average molecular weight is 446 g/mol. The Morgan fingerprint density at radius 2 is 1.66 bits per heavy atom. The molecule has 0 radical (unpaired) electrons. The van der Waals surface area contributed by atoms with Crippen molar-refractivity contribution in [2.24, 2.45) is 0 Å². The van der Waals surface area contributed by atoms with Crippen LogP contribution in [-0.4, -0.2) is 61.3 Å². The van der Waals surface area contributed by atoms with Crippen molar-refractivity contribution in [3.8, 4) is 34.3 Å². The van der Waals surface area contributed by atoms with Gasteiger partial charge in [-0.05, 0) is 32.0 Å². The van der Waals surface area contributed by atoms with Gasteiger partial charge in [0, 0.05) is 23.3 Å². The van der Waals surface area contributed by atoms with Gasteiger partial charge in [0.1, 0.15) is 46.5 Å². The number of aromatic hydroxyl groups is 3. The maximum Gasteiger partial charge on any atom is 0.229 e. The van der Waals surface area contributed by atoms with Crippen molar-refractivity contribution in [2.45, 2.75) is 44.6 Å². The van der Waals surface area contributed by atoms with E-state index in [1.54, 1.807) is 0 Å². The average Bonchev–Trinajstić information content (AvgIpc) is 2.74. The Balaban J connectivity index is 1.82. The lowest BCUT2D eigenvalue weighted by atomic mass is 10.00. The third kappa shape index (κ3) is 3.63. The molecule has 4 rings (SSSR count). The highest BCUT2D eigenvalue weighted by molar-refractivity contribution is 5.87. The van der Waals surface area contributed by atoms with Crippen molar-refractivity contribution in [1.82, 2.24) is 0 Å². The maximum absolute atomic E-state index is 13.2. The third-order valence-corrected chi connectivity index (χ3v) is 5.46. The number of ether oxygens (including phenoxy) is 2. The number of aliphatic hydroxyl groups excluding tert-OH is 3. The van der Waals surface area contributed by atoms with Gasteiger partial charge in [-0.2, -0.15) is 0 Å². The molecule has 1 aliphatic rings. The molecule has 0 aliphatic carbocycles. The minimum Gasteiger partial charge on any atom is -0.508 e. The number of aliphatic hydroxyl groups is 3. The molecular weight excluding hydrogens is 424 g/mol. The highest BCUT2D eigenvalue weighted by Crippen LogP contribution is 2.36. The van der Waals surface area contributed by atoms with Crippen molar-refractivity contribution >= 4 is 11.0 Å². The number of hydrogen-bond acceptors (Lipinski definition) is 10. The first-order valence-electron chi connectivity index (χ1n) is 9.77. The highest BCUT2D eigenvalue weighted by atomic mass is 16.7. The van der Waals surface area contributed by atoms with Crippen LogP contribution < -0.4 is 10.2 Å². The molecule has 0 bridgehead atoms. The number of benzene rings is 2. The van der Waals surface area contributed by atoms with Crippen LogP contribution in [0.1, 0.15) is 12.5 Å². The van der Waals surface area contributed by atoms with Crippen LogP contribution in [0.3, 0.4) is 0 Å². The summed E-state index contributed by atoms with van der Waals surface area (Å²) in [6, 6.07) is 6.27. The number of phenols is 3. The smallest absolute Gasteiger partial charge is 0.229 e. The molecule has 1 saturated heterocycles. The van der Waals surface area contributed by atoms with E-state index in [0.29, 0.717) is 5.56 Å². The Kier molecular flexibility index (Phi) is 5.47. The lowest BCUT2D eigenvalue weighted by Gasteiger charge is -2.38. The molecule has 0 spiro atoms. The molecule has 10 heteroatoms. The Morgan fingerprint density at radius 1 is 0.938 bits per heavy atom. The summed E-state index contributed by atoms with van der Waals surface area (Å²) in [5.74, 6) is -1.09. The Labute approximate surface area is 181 Å². The van der Waals surface area contributed by atoms with Gasteiger partial charge >= 0.3 is 0 Å². The van der Waals surface area contributed by atoms with E-state index in [9.17, 15) is 35.4 Å². The van der Waals surface area contributed by atoms with Gasteiger partial charge in [-0.25, -0.2) is 0 Å². The van der Waals surface area contributed by atoms with Crippen LogP contribution in [0, 0.1) is 6.92 Å². The fraction of sp³-hybridized carbons (Fsp3) is 0.318. The molecule has 1 aromatic heterocycles. The monoisotopic (exact) mass is 446 g/mol. The minimum absolute atomic E-state index is 0.0444. The molecule has 170 valence electrons. The molecular formula is C22H22O10. The normalized spacial score (nSPS) is 25.7. The van der Waals surface area contributed by atoms with Crippen LogP contribution in [0.25, 0.3) is 22.3 Å². The lowest BCUT2D eigenvalue weighted by molar-refractivity contribution is -0.267. The zero-order chi connectivity index (χ0) is 23.3. The number of fused-ring (bicyclic) bond motifs is 1. The highest BCUT2D eigenvalue weighted by Gasteiger charge is 2.43. The summed E-state index contributed by atoms with van der Waals surface area (Å²) in [4.78, 5) is 13.2. The van der Waals surface area contributed by atoms with Gasteiger partial charge in [-0.1, -0.05) is 0 Å².